The van der Waals surface area contributed by atoms with E-state index in [4.69, 9.17) is 0 Å². The van der Waals surface area contributed by atoms with Crippen LogP contribution in [-0.4, -0.2) is 23.2 Å². The van der Waals surface area contributed by atoms with Gasteiger partial charge in [0.15, 0.2) is 0 Å². The Morgan fingerprint density at radius 1 is 0.765 bits per heavy atom. The van der Waals surface area contributed by atoms with Gasteiger partial charge in [0, 0.05) is 37.0 Å². The fourth-order valence-corrected chi connectivity index (χ4v) is 3.69. The average molecular weight is 450 g/mol. The summed E-state index contributed by atoms with van der Waals surface area (Å²) in [6.07, 6.45) is 2.03. The molecule has 1 amide bonds. The first-order chi connectivity index (χ1) is 16.6. The first-order valence-electron chi connectivity index (χ1n) is 11.3. The van der Waals surface area contributed by atoms with Crippen molar-refractivity contribution in [3.8, 4) is 22.3 Å². The van der Waals surface area contributed by atoms with Gasteiger partial charge in [-0.05, 0) is 47.4 Å². The second kappa shape index (κ2) is 11.1. The molecule has 5 heteroatoms. The molecule has 1 aromatic heterocycles. The fourth-order valence-electron chi connectivity index (χ4n) is 3.69. The van der Waals surface area contributed by atoms with Crippen LogP contribution in [0.2, 0.25) is 0 Å². The Morgan fingerprint density at radius 2 is 1.44 bits per heavy atom. The standard InChI is InChI=1S/C29H27N3O2/c1-21(33)17-18-30-29(34)28-16-13-25(20-32-28)27-10-6-5-9-24(27)19-31-26-14-11-23(12-15-26)22-7-3-2-4-8-22/h2-16,20,31H,17-19H2,1H3,(H,30,34). The lowest BCUT2D eigenvalue weighted by Gasteiger charge is -2.12. The first kappa shape index (κ1) is 22.9. The Morgan fingerprint density at radius 3 is 2.15 bits per heavy atom. The molecule has 0 fully saturated rings. The monoisotopic (exact) mass is 449 g/mol. The summed E-state index contributed by atoms with van der Waals surface area (Å²) in [6.45, 7) is 2.48. The molecular formula is C29H27N3O2. The van der Waals surface area contributed by atoms with Crippen molar-refractivity contribution >= 4 is 17.4 Å². The summed E-state index contributed by atoms with van der Waals surface area (Å²) >= 11 is 0. The van der Waals surface area contributed by atoms with Crippen LogP contribution in [0.25, 0.3) is 22.3 Å². The normalized spacial score (nSPS) is 10.5. The molecule has 2 N–H and O–H groups in total. The Labute approximate surface area is 199 Å². The van der Waals surface area contributed by atoms with E-state index in [2.05, 4.69) is 64.1 Å². The van der Waals surface area contributed by atoms with Crippen LogP contribution in [0.5, 0.6) is 0 Å². The summed E-state index contributed by atoms with van der Waals surface area (Å²) < 4.78 is 0. The lowest BCUT2D eigenvalue weighted by molar-refractivity contribution is -0.116. The van der Waals surface area contributed by atoms with Gasteiger partial charge in [0.2, 0.25) is 0 Å². The molecule has 0 bridgehead atoms. The molecule has 34 heavy (non-hydrogen) atoms. The molecule has 0 atom stereocenters. The van der Waals surface area contributed by atoms with Crippen LogP contribution in [0.4, 0.5) is 5.69 Å². The summed E-state index contributed by atoms with van der Waals surface area (Å²) in [4.78, 5) is 27.6. The number of anilines is 1. The SMILES string of the molecule is CC(=O)CCNC(=O)c1ccc(-c2ccccc2CNc2ccc(-c3ccccc3)cc2)cn1. The van der Waals surface area contributed by atoms with Crippen molar-refractivity contribution in [1.29, 1.82) is 0 Å². The number of nitrogens with one attached hydrogen (secondary N) is 2. The van der Waals surface area contributed by atoms with Gasteiger partial charge < -0.3 is 10.6 Å². The summed E-state index contributed by atoms with van der Waals surface area (Å²) in [5.41, 5.74) is 6.90. The highest BCUT2D eigenvalue weighted by Gasteiger charge is 2.10. The molecule has 0 spiro atoms. The van der Waals surface area contributed by atoms with E-state index in [9.17, 15) is 9.59 Å². The number of carbonyl (C=O) groups is 2. The molecule has 0 unspecified atom stereocenters. The van der Waals surface area contributed by atoms with E-state index in [1.54, 1.807) is 12.3 Å². The smallest absolute Gasteiger partial charge is 0.269 e. The molecule has 0 aliphatic carbocycles. The number of benzene rings is 3. The van der Waals surface area contributed by atoms with Gasteiger partial charge in [-0.15, -0.1) is 0 Å². The minimum absolute atomic E-state index is 0.0426. The molecule has 4 aromatic rings. The van der Waals surface area contributed by atoms with E-state index in [1.165, 1.54) is 18.1 Å². The number of hydrogen-bond donors (Lipinski definition) is 2. The van der Waals surface area contributed by atoms with E-state index in [0.29, 0.717) is 25.2 Å². The van der Waals surface area contributed by atoms with Crippen molar-refractivity contribution < 1.29 is 9.59 Å². The Bertz CT molecular complexity index is 1250. The second-order valence-electron chi connectivity index (χ2n) is 8.09. The van der Waals surface area contributed by atoms with Crippen molar-refractivity contribution in [1.82, 2.24) is 10.3 Å². The number of hydrogen-bond acceptors (Lipinski definition) is 4. The zero-order chi connectivity index (χ0) is 23.8. The summed E-state index contributed by atoms with van der Waals surface area (Å²) in [7, 11) is 0. The molecule has 3 aromatic carbocycles. The maximum absolute atomic E-state index is 12.2. The molecule has 5 nitrogen and oxygen atoms in total. The van der Waals surface area contributed by atoms with Crippen LogP contribution in [0.15, 0.2) is 97.2 Å². The van der Waals surface area contributed by atoms with Gasteiger partial charge in [-0.1, -0.05) is 72.8 Å². The van der Waals surface area contributed by atoms with E-state index >= 15 is 0 Å². The van der Waals surface area contributed by atoms with Gasteiger partial charge >= 0.3 is 0 Å². The summed E-state index contributed by atoms with van der Waals surface area (Å²) in [5.74, 6) is -0.234. The third-order valence-corrected chi connectivity index (χ3v) is 5.56. The Balaban J connectivity index is 1.42. The highest BCUT2D eigenvalue weighted by Crippen LogP contribution is 2.25. The van der Waals surface area contributed by atoms with Crippen molar-refractivity contribution in [2.45, 2.75) is 19.9 Å². The highest BCUT2D eigenvalue weighted by molar-refractivity contribution is 5.92. The largest absolute Gasteiger partial charge is 0.381 e. The third-order valence-electron chi connectivity index (χ3n) is 5.56. The number of amides is 1. The predicted octanol–water partition coefficient (Wildman–Crippen LogP) is 5.74. The maximum atomic E-state index is 12.2. The van der Waals surface area contributed by atoms with Crippen LogP contribution in [0.1, 0.15) is 29.4 Å². The van der Waals surface area contributed by atoms with Crippen LogP contribution in [0.3, 0.4) is 0 Å². The van der Waals surface area contributed by atoms with Crippen molar-refractivity contribution in [2.24, 2.45) is 0 Å². The highest BCUT2D eigenvalue weighted by atomic mass is 16.2. The van der Waals surface area contributed by atoms with Crippen LogP contribution in [0, 0.1) is 0 Å². The van der Waals surface area contributed by atoms with Gasteiger partial charge in [-0.25, -0.2) is 0 Å². The molecular weight excluding hydrogens is 422 g/mol. The number of ketones is 1. The predicted molar refractivity (Wildman–Crippen MR) is 137 cm³/mol. The molecule has 170 valence electrons. The second-order valence-corrected chi connectivity index (χ2v) is 8.09. The van der Waals surface area contributed by atoms with Crippen LogP contribution in [-0.2, 0) is 11.3 Å². The molecule has 0 saturated carbocycles. The quantitative estimate of drug-likeness (QED) is 0.342. The van der Waals surface area contributed by atoms with E-state index in [0.717, 1.165) is 22.4 Å². The van der Waals surface area contributed by atoms with Gasteiger partial charge in [0.1, 0.15) is 11.5 Å². The molecule has 1 heterocycles. The molecule has 0 saturated heterocycles. The van der Waals surface area contributed by atoms with Gasteiger partial charge in [0.25, 0.3) is 5.91 Å². The van der Waals surface area contributed by atoms with Crippen LogP contribution >= 0.6 is 0 Å². The van der Waals surface area contributed by atoms with Gasteiger partial charge in [-0.2, -0.15) is 0 Å². The van der Waals surface area contributed by atoms with Gasteiger partial charge in [0.05, 0.1) is 0 Å². The zero-order valence-electron chi connectivity index (χ0n) is 19.1. The lowest BCUT2D eigenvalue weighted by Crippen LogP contribution is -2.26. The fraction of sp³-hybridized carbons (Fsp3) is 0.138. The summed E-state index contributed by atoms with van der Waals surface area (Å²) in [6, 6.07) is 30.5. The van der Waals surface area contributed by atoms with Crippen molar-refractivity contribution in [3.05, 3.63) is 108 Å². The van der Waals surface area contributed by atoms with Crippen molar-refractivity contribution in [3.63, 3.8) is 0 Å². The van der Waals surface area contributed by atoms with E-state index in [1.807, 2.05) is 36.4 Å². The number of pyridine rings is 1. The van der Waals surface area contributed by atoms with E-state index < -0.39 is 0 Å². The van der Waals surface area contributed by atoms with E-state index in [-0.39, 0.29) is 11.7 Å². The molecule has 0 aliphatic heterocycles. The molecule has 4 rings (SSSR count). The Kier molecular flexibility index (Phi) is 7.45. The number of rotatable bonds is 9. The topological polar surface area (TPSA) is 71.1 Å². The lowest BCUT2D eigenvalue weighted by atomic mass is 10.0. The maximum Gasteiger partial charge on any atom is 0.269 e. The minimum Gasteiger partial charge on any atom is -0.381 e. The Hall–Kier alpha value is -4.25. The number of Topliss-reactive ketones (excluding diaryl/α,β-unsaturated/α-hetero) is 1. The minimum atomic E-state index is -0.276. The molecule has 0 radical (unpaired) electrons. The number of carbonyl (C=O) groups excluding carboxylic acids is 2. The number of aromatic nitrogens is 1. The third kappa shape index (κ3) is 5.95. The van der Waals surface area contributed by atoms with Crippen molar-refractivity contribution in [2.75, 3.05) is 11.9 Å². The van der Waals surface area contributed by atoms with Gasteiger partial charge in [-0.3, -0.25) is 14.6 Å². The number of nitrogens with zero attached hydrogens (tertiary/aromatic N) is 1. The zero-order valence-corrected chi connectivity index (χ0v) is 19.1. The van der Waals surface area contributed by atoms with Crippen LogP contribution < -0.4 is 10.6 Å². The average Bonchev–Trinajstić information content (AvgIpc) is 2.88. The molecule has 0 aliphatic rings. The summed E-state index contributed by atoms with van der Waals surface area (Å²) in [5, 5.41) is 6.22. The first-order valence-corrected chi connectivity index (χ1v) is 11.3.